The second kappa shape index (κ2) is 6.45. The van der Waals surface area contributed by atoms with Crippen LogP contribution >= 0.6 is 0 Å². The van der Waals surface area contributed by atoms with Gasteiger partial charge in [0.1, 0.15) is 5.56 Å². The molecule has 0 aliphatic carbocycles. The fourth-order valence-electron chi connectivity index (χ4n) is 2.38. The molecule has 1 aliphatic heterocycles. The number of carboxylic acids is 1. The molecule has 0 unspecified atom stereocenters. The maximum Gasteiger partial charge on any atom is 0.339 e. The van der Waals surface area contributed by atoms with Crippen LogP contribution in [0.3, 0.4) is 0 Å². The second-order valence-electron chi connectivity index (χ2n) is 5.03. The van der Waals surface area contributed by atoms with Crippen LogP contribution in [0, 0.1) is 0 Å². The lowest BCUT2D eigenvalue weighted by atomic mass is 10.1. The molecule has 1 aliphatic rings. The Balaban J connectivity index is 2.08. The molecular weight excluding hydrogens is 274 g/mol. The maximum absolute atomic E-state index is 12.2. The Bertz CT molecular complexity index is 541. The lowest BCUT2D eigenvalue weighted by molar-refractivity contribution is 0.0693. The van der Waals surface area contributed by atoms with Gasteiger partial charge >= 0.3 is 12.0 Å². The molecule has 0 radical (unpaired) electrons. The number of nitrogens with one attached hydrogen (secondary N) is 2. The molecule has 1 aromatic carbocycles. The van der Waals surface area contributed by atoms with Crippen LogP contribution in [-0.2, 0) is 0 Å². The molecule has 114 valence electrons. The van der Waals surface area contributed by atoms with Gasteiger partial charge in [0.2, 0.25) is 0 Å². The maximum atomic E-state index is 12.2. The Hall–Kier alpha value is -2.28. The zero-order chi connectivity index (χ0) is 15.4. The normalized spacial score (nSPS) is 15.5. The highest BCUT2D eigenvalue weighted by atomic mass is 16.4. The molecular formula is C14H19N3O4. The molecule has 0 aromatic heterocycles. The number of nitrogens with zero attached hydrogens (tertiary/aromatic N) is 1. The molecule has 7 heteroatoms. The molecule has 0 atom stereocenters. The number of piperidine rings is 1. The van der Waals surface area contributed by atoms with E-state index >= 15 is 0 Å². The minimum Gasteiger partial charge on any atom is -0.505 e. The van der Waals surface area contributed by atoms with Gasteiger partial charge in [-0.1, -0.05) is 6.07 Å². The zero-order valence-electron chi connectivity index (χ0n) is 11.8. The molecule has 1 aromatic rings. The number of para-hydroxylation sites is 1. The van der Waals surface area contributed by atoms with Gasteiger partial charge in [0.05, 0.1) is 5.69 Å². The molecule has 7 nitrogen and oxygen atoms in total. The van der Waals surface area contributed by atoms with Gasteiger partial charge in [0.15, 0.2) is 5.75 Å². The summed E-state index contributed by atoms with van der Waals surface area (Å²) in [6, 6.07) is 4.00. The third-order valence-corrected chi connectivity index (χ3v) is 3.68. The van der Waals surface area contributed by atoms with Crippen molar-refractivity contribution in [1.82, 2.24) is 10.2 Å². The summed E-state index contributed by atoms with van der Waals surface area (Å²) >= 11 is 0. The van der Waals surface area contributed by atoms with E-state index < -0.39 is 11.7 Å². The summed E-state index contributed by atoms with van der Waals surface area (Å²) in [7, 11) is 1.70. The molecule has 0 saturated carbocycles. The van der Waals surface area contributed by atoms with Gasteiger partial charge in [-0.05, 0) is 38.1 Å². The van der Waals surface area contributed by atoms with E-state index in [1.54, 1.807) is 11.9 Å². The lowest BCUT2D eigenvalue weighted by Gasteiger charge is -2.31. The highest BCUT2D eigenvalue weighted by Crippen LogP contribution is 2.27. The van der Waals surface area contributed by atoms with E-state index in [4.69, 9.17) is 5.11 Å². The number of amides is 2. The monoisotopic (exact) mass is 293 g/mol. The van der Waals surface area contributed by atoms with Gasteiger partial charge in [0.25, 0.3) is 0 Å². The summed E-state index contributed by atoms with van der Waals surface area (Å²) < 4.78 is 0. The molecule has 1 fully saturated rings. The van der Waals surface area contributed by atoms with E-state index in [0.29, 0.717) is 0 Å². The van der Waals surface area contributed by atoms with Crippen molar-refractivity contribution < 1.29 is 19.8 Å². The first kappa shape index (κ1) is 15.1. The minimum atomic E-state index is -1.24. The summed E-state index contributed by atoms with van der Waals surface area (Å²) in [6.07, 6.45) is 1.73. The quantitative estimate of drug-likeness (QED) is 0.629. The first-order valence-electron chi connectivity index (χ1n) is 6.80. The van der Waals surface area contributed by atoms with Gasteiger partial charge in [-0.25, -0.2) is 9.59 Å². The number of aromatic carboxylic acids is 1. The van der Waals surface area contributed by atoms with Gasteiger partial charge in [-0.2, -0.15) is 0 Å². The number of carbonyl (C=O) groups is 2. The number of rotatable bonds is 3. The molecule has 4 N–H and O–H groups in total. The number of hydrogen-bond donors (Lipinski definition) is 4. The van der Waals surface area contributed by atoms with Gasteiger partial charge in [-0.15, -0.1) is 0 Å². The standard InChI is InChI=1S/C14H19N3O4/c1-17(9-5-7-15-8-6-9)14(21)16-11-4-2-3-10(12(11)18)13(19)20/h2-4,9,15,18H,5-8H2,1H3,(H,16,21)(H,19,20). The van der Waals surface area contributed by atoms with Gasteiger partial charge in [0, 0.05) is 13.1 Å². The van der Waals surface area contributed by atoms with E-state index in [1.807, 2.05) is 0 Å². The van der Waals surface area contributed by atoms with Crippen molar-refractivity contribution >= 4 is 17.7 Å². The Morgan fingerprint density at radius 1 is 1.33 bits per heavy atom. The van der Waals surface area contributed by atoms with Crippen molar-refractivity contribution in [3.8, 4) is 5.75 Å². The molecule has 2 amide bonds. The van der Waals surface area contributed by atoms with Crippen LogP contribution in [0.4, 0.5) is 10.5 Å². The van der Waals surface area contributed by atoms with E-state index in [0.717, 1.165) is 25.9 Å². The van der Waals surface area contributed by atoms with Crippen molar-refractivity contribution in [3.05, 3.63) is 23.8 Å². The average Bonchev–Trinajstić information content (AvgIpc) is 2.49. The fraction of sp³-hybridized carbons (Fsp3) is 0.429. The third-order valence-electron chi connectivity index (χ3n) is 3.68. The largest absolute Gasteiger partial charge is 0.505 e. The summed E-state index contributed by atoms with van der Waals surface area (Å²) in [4.78, 5) is 24.7. The van der Waals surface area contributed by atoms with Gasteiger partial charge < -0.3 is 25.7 Å². The minimum absolute atomic E-state index is 0.0979. The van der Waals surface area contributed by atoms with Crippen molar-refractivity contribution in [1.29, 1.82) is 0 Å². The number of phenols is 1. The number of hydrogen-bond acceptors (Lipinski definition) is 4. The van der Waals surface area contributed by atoms with E-state index in [2.05, 4.69) is 10.6 Å². The summed E-state index contributed by atoms with van der Waals surface area (Å²) in [5.74, 6) is -1.67. The van der Waals surface area contributed by atoms with Crippen LogP contribution in [0.2, 0.25) is 0 Å². The average molecular weight is 293 g/mol. The number of benzene rings is 1. The van der Waals surface area contributed by atoms with Crippen molar-refractivity contribution in [2.24, 2.45) is 0 Å². The molecule has 21 heavy (non-hydrogen) atoms. The second-order valence-corrected chi connectivity index (χ2v) is 5.03. The molecule has 0 spiro atoms. The number of carbonyl (C=O) groups excluding carboxylic acids is 1. The van der Waals surface area contributed by atoms with E-state index in [1.165, 1.54) is 18.2 Å². The van der Waals surface area contributed by atoms with Crippen molar-refractivity contribution in [2.45, 2.75) is 18.9 Å². The third kappa shape index (κ3) is 3.43. The lowest BCUT2D eigenvalue weighted by Crippen LogP contribution is -2.45. The fourth-order valence-corrected chi connectivity index (χ4v) is 2.38. The zero-order valence-corrected chi connectivity index (χ0v) is 11.8. The first-order chi connectivity index (χ1) is 10.0. The Labute approximate surface area is 122 Å². The number of aromatic hydroxyl groups is 1. The summed E-state index contributed by atoms with van der Waals surface area (Å²) in [5.41, 5.74) is -0.141. The van der Waals surface area contributed by atoms with E-state index in [-0.39, 0.29) is 23.3 Å². The Morgan fingerprint density at radius 2 is 2.00 bits per heavy atom. The molecule has 2 rings (SSSR count). The Kier molecular flexibility index (Phi) is 4.64. The summed E-state index contributed by atoms with van der Waals surface area (Å²) in [6.45, 7) is 1.73. The number of carboxylic acid groups (broad SMARTS) is 1. The van der Waals surface area contributed by atoms with Crippen LogP contribution in [-0.4, -0.2) is 53.3 Å². The summed E-state index contributed by atoms with van der Waals surface area (Å²) in [5, 5.41) is 24.6. The SMILES string of the molecule is CN(C(=O)Nc1cccc(C(=O)O)c1O)C1CCNCC1. The van der Waals surface area contributed by atoms with Crippen molar-refractivity contribution in [2.75, 3.05) is 25.5 Å². The van der Waals surface area contributed by atoms with Crippen molar-refractivity contribution in [3.63, 3.8) is 0 Å². The molecule has 0 bridgehead atoms. The van der Waals surface area contributed by atoms with Crippen LogP contribution in [0.5, 0.6) is 5.75 Å². The number of anilines is 1. The predicted octanol–water partition coefficient (Wildman–Crippen LogP) is 1.31. The van der Waals surface area contributed by atoms with Gasteiger partial charge in [-0.3, -0.25) is 0 Å². The van der Waals surface area contributed by atoms with Crippen LogP contribution in [0.25, 0.3) is 0 Å². The predicted molar refractivity (Wildman–Crippen MR) is 77.7 cm³/mol. The topological polar surface area (TPSA) is 102 Å². The smallest absolute Gasteiger partial charge is 0.339 e. The first-order valence-corrected chi connectivity index (χ1v) is 6.80. The van der Waals surface area contributed by atoms with Crippen LogP contribution in [0.15, 0.2) is 18.2 Å². The highest BCUT2D eigenvalue weighted by Gasteiger charge is 2.23. The molecule has 1 saturated heterocycles. The number of urea groups is 1. The highest BCUT2D eigenvalue weighted by molar-refractivity contribution is 5.97. The van der Waals surface area contributed by atoms with E-state index in [9.17, 15) is 14.7 Å². The van der Waals surface area contributed by atoms with Crippen LogP contribution in [0.1, 0.15) is 23.2 Å². The molecule has 1 heterocycles. The Morgan fingerprint density at radius 3 is 2.62 bits per heavy atom. The van der Waals surface area contributed by atoms with Crippen LogP contribution < -0.4 is 10.6 Å².